The van der Waals surface area contributed by atoms with E-state index >= 15 is 0 Å². The van der Waals surface area contributed by atoms with Gasteiger partial charge in [-0.25, -0.2) is 4.79 Å². The smallest absolute Gasteiger partial charge is 0.336 e. The number of carboxylic acids is 1. The first-order chi connectivity index (χ1) is 4.89. The second-order valence-corrected chi connectivity index (χ2v) is 3.12. The maximum Gasteiger partial charge on any atom is 0.336 e. The SMILES string of the molecule is C=C(C[N+](C)(C)CF)C(=O)O.[I-]. The van der Waals surface area contributed by atoms with Gasteiger partial charge in [0.2, 0.25) is 6.80 Å². The molecule has 0 aromatic carbocycles. The molecule has 72 valence electrons. The van der Waals surface area contributed by atoms with Crippen LogP contribution in [0.2, 0.25) is 0 Å². The van der Waals surface area contributed by atoms with E-state index in [0.717, 1.165) is 0 Å². The molecule has 0 radical (unpaired) electrons. The van der Waals surface area contributed by atoms with Gasteiger partial charge in [-0.1, -0.05) is 6.58 Å². The summed E-state index contributed by atoms with van der Waals surface area (Å²) in [4.78, 5) is 10.3. The van der Waals surface area contributed by atoms with Crippen molar-refractivity contribution in [1.29, 1.82) is 0 Å². The van der Waals surface area contributed by atoms with E-state index in [0.29, 0.717) is 0 Å². The molecular formula is C7H13FINO2. The van der Waals surface area contributed by atoms with Crippen molar-refractivity contribution in [3.8, 4) is 0 Å². The maximum absolute atomic E-state index is 12.1. The molecule has 3 nitrogen and oxygen atoms in total. The number of quaternary nitrogens is 1. The minimum atomic E-state index is -1.07. The first-order valence-electron chi connectivity index (χ1n) is 3.18. The van der Waals surface area contributed by atoms with Gasteiger partial charge in [0.05, 0.1) is 19.7 Å². The van der Waals surface area contributed by atoms with Crippen molar-refractivity contribution in [1.82, 2.24) is 0 Å². The van der Waals surface area contributed by atoms with Gasteiger partial charge in [0.1, 0.15) is 6.54 Å². The molecule has 0 saturated heterocycles. The second kappa shape index (κ2) is 5.47. The topological polar surface area (TPSA) is 37.3 Å². The first kappa shape index (κ1) is 14.4. The summed E-state index contributed by atoms with van der Waals surface area (Å²) < 4.78 is 12.1. The third kappa shape index (κ3) is 5.48. The number of hydrogen-bond donors (Lipinski definition) is 1. The van der Waals surface area contributed by atoms with Gasteiger partial charge in [-0.15, -0.1) is 0 Å². The monoisotopic (exact) mass is 289 g/mol. The Balaban J connectivity index is 0. The predicted octanol–water partition coefficient (Wildman–Crippen LogP) is -2.37. The molecule has 0 rings (SSSR count). The third-order valence-corrected chi connectivity index (χ3v) is 1.24. The molecule has 12 heavy (non-hydrogen) atoms. The number of halogens is 2. The zero-order valence-corrected chi connectivity index (χ0v) is 9.34. The zero-order valence-electron chi connectivity index (χ0n) is 7.18. The molecule has 0 saturated carbocycles. The van der Waals surface area contributed by atoms with Crippen LogP contribution in [-0.2, 0) is 4.79 Å². The highest BCUT2D eigenvalue weighted by Crippen LogP contribution is 2.02. The number of likely N-dealkylation sites (N-methyl/N-ethyl adjacent to an activating group) is 1. The zero-order chi connectivity index (χ0) is 9.07. The molecule has 0 fully saturated rings. The highest BCUT2D eigenvalue weighted by Gasteiger charge is 2.18. The lowest BCUT2D eigenvalue weighted by atomic mass is 10.3. The van der Waals surface area contributed by atoms with Gasteiger partial charge in [-0.3, -0.25) is 4.48 Å². The maximum atomic E-state index is 12.1. The Bertz CT molecular complexity index is 182. The third-order valence-electron chi connectivity index (χ3n) is 1.24. The van der Waals surface area contributed by atoms with Crippen molar-refractivity contribution in [3.63, 3.8) is 0 Å². The number of nitrogens with zero attached hydrogens (tertiary/aromatic N) is 1. The highest BCUT2D eigenvalue weighted by atomic mass is 127. The highest BCUT2D eigenvalue weighted by molar-refractivity contribution is 5.85. The molecule has 0 heterocycles. The fourth-order valence-electron chi connectivity index (χ4n) is 0.627. The lowest BCUT2D eigenvalue weighted by molar-refractivity contribution is -0.897. The van der Waals surface area contributed by atoms with Gasteiger partial charge in [-0.05, 0) is 0 Å². The Morgan fingerprint density at radius 2 is 2.00 bits per heavy atom. The molecule has 0 aromatic heterocycles. The first-order valence-corrected chi connectivity index (χ1v) is 3.18. The Morgan fingerprint density at radius 3 is 2.25 bits per heavy atom. The van der Waals surface area contributed by atoms with Gasteiger partial charge < -0.3 is 29.1 Å². The van der Waals surface area contributed by atoms with Crippen LogP contribution >= 0.6 is 0 Å². The number of aliphatic carboxylic acids is 1. The Hall–Kier alpha value is -0.170. The number of carboxylic acid groups (broad SMARTS) is 1. The van der Waals surface area contributed by atoms with Crippen molar-refractivity contribution in [2.45, 2.75) is 0 Å². The van der Waals surface area contributed by atoms with Crippen LogP contribution in [0.5, 0.6) is 0 Å². The van der Waals surface area contributed by atoms with Gasteiger partial charge in [0.25, 0.3) is 0 Å². The number of hydrogen-bond acceptors (Lipinski definition) is 1. The molecule has 0 unspecified atom stereocenters. The molecule has 0 atom stereocenters. The van der Waals surface area contributed by atoms with Crippen LogP contribution < -0.4 is 24.0 Å². The number of carbonyl (C=O) groups is 1. The average Bonchev–Trinajstić information content (AvgIpc) is 1.87. The summed E-state index contributed by atoms with van der Waals surface area (Å²) in [7, 11) is 3.21. The summed E-state index contributed by atoms with van der Waals surface area (Å²) in [5, 5.41) is 8.41. The van der Waals surface area contributed by atoms with Crippen LogP contribution in [0.3, 0.4) is 0 Å². The molecular weight excluding hydrogens is 276 g/mol. The molecule has 0 aromatic rings. The van der Waals surface area contributed by atoms with Crippen molar-refractivity contribution in [2.24, 2.45) is 0 Å². The summed E-state index contributed by atoms with van der Waals surface area (Å²) in [6.07, 6.45) is 0. The number of alkyl halides is 1. The fraction of sp³-hybridized carbons (Fsp3) is 0.571. The van der Waals surface area contributed by atoms with Gasteiger partial charge in [0, 0.05) is 0 Å². The molecule has 0 aliphatic carbocycles. The van der Waals surface area contributed by atoms with Crippen LogP contribution in [-0.4, -0.2) is 43.0 Å². The van der Waals surface area contributed by atoms with Crippen LogP contribution in [0.1, 0.15) is 0 Å². The van der Waals surface area contributed by atoms with Gasteiger partial charge in [0.15, 0.2) is 0 Å². The lowest BCUT2D eigenvalue weighted by Gasteiger charge is -2.25. The molecule has 0 aliphatic heterocycles. The molecule has 1 N–H and O–H groups in total. The summed E-state index contributed by atoms with van der Waals surface area (Å²) in [5.74, 6) is -1.07. The molecule has 0 spiro atoms. The molecule has 0 bridgehead atoms. The van der Waals surface area contributed by atoms with E-state index < -0.39 is 12.8 Å². The largest absolute Gasteiger partial charge is 1.00 e. The van der Waals surface area contributed by atoms with E-state index in [4.69, 9.17) is 5.11 Å². The Morgan fingerprint density at radius 1 is 1.58 bits per heavy atom. The fourth-order valence-corrected chi connectivity index (χ4v) is 0.627. The Kier molecular flexibility index (Phi) is 6.55. The second-order valence-electron chi connectivity index (χ2n) is 3.12. The van der Waals surface area contributed by atoms with Crippen LogP contribution in [0.15, 0.2) is 12.2 Å². The molecule has 0 aliphatic rings. The summed E-state index contributed by atoms with van der Waals surface area (Å²) in [5.41, 5.74) is 0.0349. The van der Waals surface area contributed by atoms with E-state index in [9.17, 15) is 9.18 Å². The van der Waals surface area contributed by atoms with Crippen LogP contribution in [0.25, 0.3) is 0 Å². The standard InChI is InChI=1S/C7H12FNO2.HI/c1-6(7(10)11)4-9(2,3)5-8;/h1,4-5H2,2-3H3;1H. The van der Waals surface area contributed by atoms with Crippen molar-refractivity contribution >= 4 is 5.97 Å². The predicted molar refractivity (Wildman–Crippen MR) is 39.7 cm³/mol. The van der Waals surface area contributed by atoms with E-state index in [1.807, 2.05) is 0 Å². The van der Waals surface area contributed by atoms with Crippen LogP contribution in [0, 0.1) is 0 Å². The quantitative estimate of drug-likeness (QED) is 0.272. The van der Waals surface area contributed by atoms with Crippen LogP contribution in [0.4, 0.5) is 4.39 Å². The lowest BCUT2D eigenvalue weighted by Crippen LogP contribution is -3.00. The minimum absolute atomic E-state index is 0. The minimum Gasteiger partial charge on any atom is -1.00 e. The molecule has 0 amide bonds. The van der Waals surface area contributed by atoms with Gasteiger partial charge >= 0.3 is 5.97 Å². The van der Waals surface area contributed by atoms with Gasteiger partial charge in [-0.2, -0.15) is 4.39 Å². The van der Waals surface area contributed by atoms with Crippen molar-refractivity contribution in [3.05, 3.63) is 12.2 Å². The normalized spacial score (nSPS) is 10.2. The molecule has 5 heteroatoms. The number of rotatable bonds is 4. The van der Waals surface area contributed by atoms with E-state index in [-0.39, 0.29) is 40.6 Å². The average molecular weight is 289 g/mol. The van der Waals surface area contributed by atoms with E-state index in [1.165, 1.54) is 0 Å². The van der Waals surface area contributed by atoms with E-state index in [1.54, 1.807) is 14.1 Å². The summed E-state index contributed by atoms with van der Waals surface area (Å²) in [6.45, 7) is 2.85. The van der Waals surface area contributed by atoms with Crippen molar-refractivity contribution in [2.75, 3.05) is 27.4 Å². The van der Waals surface area contributed by atoms with E-state index in [2.05, 4.69) is 6.58 Å². The Labute approximate surface area is 88.5 Å². The summed E-state index contributed by atoms with van der Waals surface area (Å²) >= 11 is 0. The van der Waals surface area contributed by atoms with Crippen molar-refractivity contribution < 1.29 is 42.8 Å². The summed E-state index contributed by atoms with van der Waals surface area (Å²) in [6, 6.07) is 0.